The minimum absolute atomic E-state index is 0.238. The van der Waals surface area contributed by atoms with Crippen LogP contribution in [0, 0.1) is 0 Å². The highest BCUT2D eigenvalue weighted by molar-refractivity contribution is 5.76. The molecular formula is C95H173NO18. The fourth-order valence-corrected chi connectivity index (χ4v) is 15.8. The molecule has 0 saturated carbocycles. The van der Waals surface area contributed by atoms with Gasteiger partial charge in [-0.2, -0.15) is 0 Å². The molecule has 3 fully saturated rings. The first-order chi connectivity index (χ1) is 55.8. The van der Waals surface area contributed by atoms with E-state index >= 15 is 0 Å². The third-order valence-corrected chi connectivity index (χ3v) is 23.2. The van der Waals surface area contributed by atoms with Crippen molar-refractivity contribution >= 4 is 5.91 Å². The van der Waals surface area contributed by atoms with E-state index in [0.29, 0.717) is 12.8 Å². The molecule has 3 aliphatic rings. The standard InChI is InChI=1S/C95H173NO18/c1-3-5-7-9-11-13-15-17-19-21-23-25-27-29-31-33-34-35-36-37-38-39-40-41-42-43-44-45-47-49-51-53-55-57-59-61-63-65-67-69-71-73-83(101)96-78(79(100)72-70-68-66-64-62-60-58-56-54-52-50-48-46-32-30-28-26-24-22-20-18-16-14-12-10-8-6-4-2)77-109-93-89(107)86(104)91(81(75-98)111-93)114-95-90(108)87(105)92(82(76-99)112-95)113-94-88(106)85(103)84(102)80(74-97)110-94/h5,7,11,13,17,19,23,25,62,64,70,72,78-82,84-95,97-100,102-108H,3-4,6,8-10,12,14-16,18,20-22,24,26-61,63,65-69,71,73-77H2,1-2H3,(H,96,101)/b7-5-,13-11-,19-17-,25-23-,64-62+,72-70+. The number of amides is 1. The van der Waals surface area contributed by atoms with Gasteiger partial charge in [0.1, 0.15) is 73.2 Å². The number of unbranched alkanes of at least 4 members (excludes halogenated alkanes) is 51. The summed E-state index contributed by atoms with van der Waals surface area (Å²) in [5, 5.41) is 121. The van der Waals surface area contributed by atoms with Crippen LogP contribution in [0.2, 0.25) is 0 Å². The van der Waals surface area contributed by atoms with Gasteiger partial charge in [-0.3, -0.25) is 4.79 Å². The van der Waals surface area contributed by atoms with Gasteiger partial charge in [0.25, 0.3) is 0 Å². The molecule has 17 atom stereocenters. The Bertz CT molecular complexity index is 2340. The second-order valence-electron chi connectivity index (χ2n) is 33.4. The van der Waals surface area contributed by atoms with Gasteiger partial charge in [0.15, 0.2) is 18.9 Å². The van der Waals surface area contributed by atoms with E-state index in [1.165, 1.54) is 295 Å². The molecule has 1 amide bonds. The first-order valence-electron chi connectivity index (χ1n) is 47.2. The second kappa shape index (κ2) is 74.1. The zero-order valence-electron chi connectivity index (χ0n) is 72.1. The predicted octanol–water partition coefficient (Wildman–Crippen LogP) is 18.7. The lowest BCUT2D eigenvalue weighted by molar-refractivity contribution is -0.379. The Morgan fingerprint density at radius 2 is 0.614 bits per heavy atom. The summed E-state index contributed by atoms with van der Waals surface area (Å²) >= 11 is 0. The molecule has 12 N–H and O–H groups in total. The number of allylic oxidation sites excluding steroid dienone is 11. The monoisotopic (exact) mass is 1620 g/mol. The highest BCUT2D eigenvalue weighted by Crippen LogP contribution is 2.34. The molecule has 17 unspecified atom stereocenters. The van der Waals surface area contributed by atoms with E-state index in [1.54, 1.807) is 6.08 Å². The number of carbonyl (C=O) groups is 1. The van der Waals surface area contributed by atoms with Crippen LogP contribution in [0.25, 0.3) is 0 Å². The third-order valence-electron chi connectivity index (χ3n) is 23.2. The van der Waals surface area contributed by atoms with Crippen molar-refractivity contribution in [2.45, 2.75) is 497 Å². The van der Waals surface area contributed by atoms with Gasteiger partial charge < -0.3 is 89.9 Å². The van der Waals surface area contributed by atoms with Gasteiger partial charge in [-0.15, -0.1) is 0 Å². The van der Waals surface area contributed by atoms with E-state index in [4.69, 9.17) is 28.4 Å². The number of carbonyl (C=O) groups excluding carboxylic acids is 1. The second-order valence-corrected chi connectivity index (χ2v) is 33.4. The van der Waals surface area contributed by atoms with Crippen LogP contribution in [-0.4, -0.2) is 193 Å². The first kappa shape index (κ1) is 105. The van der Waals surface area contributed by atoms with Crippen LogP contribution in [0.1, 0.15) is 393 Å². The van der Waals surface area contributed by atoms with Crippen LogP contribution in [0.3, 0.4) is 0 Å². The summed E-state index contributed by atoms with van der Waals surface area (Å²) in [7, 11) is 0. The number of hydrogen-bond donors (Lipinski definition) is 12. The largest absolute Gasteiger partial charge is 0.394 e. The highest BCUT2D eigenvalue weighted by atomic mass is 16.8. The normalized spacial score (nSPS) is 25.0. The highest BCUT2D eigenvalue weighted by Gasteiger charge is 2.54. The van der Waals surface area contributed by atoms with Gasteiger partial charge >= 0.3 is 0 Å². The molecule has 0 aromatic heterocycles. The van der Waals surface area contributed by atoms with Gasteiger partial charge in [0, 0.05) is 6.42 Å². The van der Waals surface area contributed by atoms with Crippen molar-refractivity contribution in [3.05, 3.63) is 72.9 Å². The van der Waals surface area contributed by atoms with E-state index in [2.05, 4.69) is 79.9 Å². The van der Waals surface area contributed by atoms with E-state index in [9.17, 15) is 61.0 Å². The van der Waals surface area contributed by atoms with Crippen LogP contribution in [0.4, 0.5) is 0 Å². The summed E-state index contributed by atoms with van der Waals surface area (Å²) in [6.45, 7) is 1.67. The molecule has 3 saturated heterocycles. The maximum absolute atomic E-state index is 13.5. The number of aliphatic hydroxyl groups excluding tert-OH is 11. The Labute approximate surface area is 693 Å². The number of nitrogens with one attached hydrogen (secondary N) is 1. The van der Waals surface area contributed by atoms with Crippen molar-refractivity contribution in [1.29, 1.82) is 0 Å². The van der Waals surface area contributed by atoms with Crippen LogP contribution in [0.15, 0.2) is 72.9 Å². The zero-order chi connectivity index (χ0) is 82.4. The van der Waals surface area contributed by atoms with Gasteiger partial charge in [-0.25, -0.2) is 0 Å². The average Bonchev–Trinajstić information content (AvgIpc) is 0.782. The lowest BCUT2D eigenvalue weighted by Gasteiger charge is -2.48. The maximum Gasteiger partial charge on any atom is 0.220 e. The van der Waals surface area contributed by atoms with E-state index in [-0.39, 0.29) is 18.9 Å². The van der Waals surface area contributed by atoms with Crippen molar-refractivity contribution in [3.63, 3.8) is 0 Å². The fraction of sp³-hybridized carbons (Fsp3) is 0.863. The topological polar surface area (TPSA) is 307 Å². The number of hydrogen-bond acceptors (Lipinski definition) is 18. The molecule has 0 radical (unpaired) electrons. The Morgan fingerprint density at radius 3 is 0.982 bits per heavy atom. The number of ether oxygens (including phenoxy) is 6. The van der Waals surface area contributed by atoms with Crippen LogP contribution in [-0.2, 0) is 33.2 Å². The Hall–Kier alpha value is -2.77. The molecule has 3 aliphatic heterocycles. The van der Waals surface area contributed by atoms with Gasteiger partial charge in [0.05, 0.1) is 38.6 Å². The summed E-state index contributed by atoms with van der Waals surface area (Å²) in [5.41, 5.74) is 0. The number of rotatable bonds is 77. The quantitative estimate of drug-likeness (QED) is 0.0199. The molecule has 666 valence electrons. The molecule has 19 heteroatoms. The van der Waals surface area contributed by atoms with Gasteiger partial charge in [0.2, 0.25) is 5.91 Å². The zero-order valence-corrected chi connectivity index (χ0v) is 72.1. The van der Waals surface area contributed by atoms with Crippen LogP contribution < -0.4 is 5.32 Å². The molecule has 0 bridgehead atoms. The molecule has 114 heavy (non-hydrogen) atoms. The van der Waals surface area contributed by atoms with E-state index in [1.807, 2.05) is 6.08 Å². The van der Waals surface area contributed by atoms with Crippen molar-refractivity contribution in [3.8, 4) is 0 Å². The third kappa shape index (κ3) is 51.8. The van der Waals surface area contributed by atoms with E-state index in [0.717, 1.165) is 64.2 Å². The van der Waals surface area contributed by atoms with Crippen molar-refractivity contribution < 1.29 is 89.4 Å². The number of aliphatic hydroxyl groups is 11. The molecule has 3 rings (SSSR count). The molecule has 0 aromatic rings. The van der Waals surface area contributed by atoms with Crippen molar-refractivity contribution in [2.24, 2.45) is 0 Å². The minimum Gasteiger partial charge on any atom is -0.394 e. The van der Waals surface area contributed by atoms with Crippen molar-refractivity contribution in [2.75, 3.05) is 26.4 Å². The Morgan fingerprint density at radius 1 is 0.325 bits per heavy atom. The van der Waals surface area contributed by atoms with Gasteiger partial charge in [-0.1, -0.05) is 389 Å². The lowest BCUT2D eigenvalue weighted by Crippen LogP contribution is -2.66. The lowest BCUT2D eigenvalue weighted by atomic mass is 9.96. The molecule has 0 aromatic carbocycles. The predicted molar refractivity (Wildman–Crippen MR) is 462 cm³/mol. The molecule has 19 nitrogen and oxygen atoms in total. The smallest absolute Gasteiger partial charge is 0.220 e. The molecule has 0 spiro atoms. The first-order valence-corrected chi connectivity index (χ1v) is 47.2. The van der Waals surface area contributed by atoms with E-state index < -0.39 is 124 Å². The molecule has 0 aliphatic carbocycles. The summed E-state index contributed by atoms with van der Waals surface area (Å²) in [6, 6.07) is -0.992. The molecular weight excluding hydrogens is 1440 g/mol. The van der Waals surface area contributed by atoms with Crippen LogP contribution >= 0.6 is 0 Å². The SMILES string of the molecule is CC/C=C\C/C=C\C/C=C\C/C=C\CCCCCCCCCCCCCCCCCCCCCCCCCCCCCCC(=O)NC(COC1OC(CO)C(OC2OC(CO)C(OC3OC(CO)C(O)C(O)C3O)C(O)C2O)C(O)C1O)C(O)/C=C/CC/C=C/CCCCCCCCCCCCCCCCCCCCCCCC. The van der Waals surface area contributed by atoms with Gasteiger partial charge in [-0.05, 0) is 70.6 Å². The summed E-state index contributed by atoms with van der Waals surface area (Å²) in [4.78, 5) is 13.5. The Balaban J connectivity index is 1.29. The van der Waals surface area contributed by atoms with Crippen molar-refractivity contribution in [1.82, 2.24) is 5.32 Å². The minimum atomic E-state index is -1.98. The average molecular weight is 1620 g/mol. The fourth-order valence-electron chi connectivity index (χ4n) is 15.8. The maximum atomic E-state index is 13.5. The molecule has 3 heterocycles. The summed E-state index contributed by atoms with van der Waals surface area (Å²) < 4.78 is 34.5. The van der Waals surface area contributed by atoms with Crippen LogP contribution in [0.5, 0.6) is 0 Å². The summed E-state index contributed by atoms with van der Waals surface area (Å²) in [5.74, 6) is -0.278. The Kier molecular flexibility index (Phi) is 68.5. The summed E-state index contributed by atoms with van der Waals surface area (Å²) in [6.07, 6.45) is 73.7.